The Balaban J connectivity index is 2.23. The summed E-state index contributed by atoms with van der Waals surface area (Å²) in [5, 5.41) is 18.0. The van der Waals surface area contributed by atoms with Gasteiger partial charge < -0.3 is 10.0 Å². The van der Waals surface area contributed by atoms with E-state index >= 15 is 0 Å². The van der Waals surface area contributed by atoms with Gasteiger partial charge in [-0.15, -0.1) is 0 Å². The van der Waals surface area contributed by atoms with Gasteiger partial charge in [-0.3, -0.25) is 4.57 Å². The topological polar surface area (TPSA) is 75.4 Å². The van der Waals surface area contributed by atoms with E-state index in [1.54, 1.807) is 30.5 Å². The summed E-state index contributed by atoms with van der Waals surface area (Å²) in [6.45, 7) is 2.28. The lowest BCUT2D eigenvalue weighted by molar-refractivity contribution is 0.426. The summed E-state index contributed by atoms with van der Waals surface area (Å²) in [5.41, 5.74) is 1.94. The third-order valence-corrected chi connectivity index (χ3v) is 2.61. The van der Waals surface area contributed by atoms with Crippen molar-refractivity contribution in [3.8, 4) is 0 Å². The highest BCUT2D eigenvalue weighted by Crippen LogP contribution is 2.00. The minimum absolute atomic E-state index is 0.299. The Morgan fingerprint density at radius 1 is 1.28 bits per heavy atom. The molecule has 0 spiro atoms. The van der Waals surface area contributed by atoms with Gasteiger partial charge in [0.1, 0.15) is 0 Å². The molecule has 0 aliphatic rings. The summed E-state index contributed by atoms with van der Waals surface area (Å²) in [6, 6.07) is 6.75. The Morgan fingerprint density at radius 2 is 1.94 bits per heavy atom. The molecule has 92 valence electrons. The van der Waals surface area contributed by atoms with Crippen LogP contribution < -0.4 is 11.2 Å². The van der Waals surface area contributed by atoms with Gasteiger partial charge in [0.15, 0.2) is 0 Å². The SMILES string of the molecule is Cc1cnc(=O)n(Cc2ccc(B(O)O)cc2)c1. The summed E-state index contributed by atoms with van der Waals surface area (Å²) in [6.07, 6.45) is 3.27. The van der Waals surface area contributed by atoms with Crippen LogP contribution >= 0.6 is 0 Å². The second kappa shape index (κ2) is 5.16. The van der Waals surface area contributed by atoms with Crippen LogP contribution in [0.2, 0.25) is 0 Å². The van der Waals surface area contributed by atoms with Crippen molar-refractivity contribution >= 4 is 12.6 Å². The highest BCUT2D eigenvalue weighted by molar-refractivity contribution is 6.58. The molecule has 0 fully saturated rings. The first kappa shape index (κ1) is 12.5. The third-order valence-electron chi connectivity index (χ3n) is 2.61. The van der Waals surface area contributed by atoms with Crippen LogP contribution in [0, 0.1) is 6.92 Å². The maximum atomic E-state index is 11.5. The molecule has 1 heterocycles. The molecule has 0 radical (unpaired) electrons. The molecule has 0 aliphatic carbocycles. The van der Waals surface area contributed by atoms with E-state index in [1.807, 2.05) is 6.92 Å². The molecular weight excluding hydrogens is 231 g/mol. The van der Waals surface area contributed by atoms with Gasteiger partial charge in [0.25, 0.3) is 0 Å². The number of nitrogens with zero attached hydrogens (tertiary/aromatic N) is 2. The van der Waals surface area contributed by atoms with Crippen molar-refractivity contribution in [1.82, 2.24) is 9.55 Å². The molecule has 2 N–H and O–H groups in total. The molecule has 0 atom stereocenters. The van der Waals surface area contributed by atoms with Crippen molar-refractivity contribution in [2.45, 2.75) is 13.5 Å². The average molecular weight is 244 g/mol. The van der Waals surface area contributed by atoms with Crippen molar-refractivity contribution in [1.29, 1.82) is 0 Å². The lowest BCUT2D eigenvalue weighted by atomic mass is 9.80. The fraction of sp³-hybridized carbons (Fsp3) is 0.167. The predicted molar refractivity (Wildman–Crippen MR) is 68.6 cm³/mol. The van der Waals surface area contributed by atoms with Crippen LogP contribution in [0.3, 0.4) is 0 Å². The van der Waals surface area contributed by atoms with Gasteiger partial charge in [-0.05, 0) is 23.5 Å². The van der Waals surface area contributed by atoms with Crippen LogP contribution in [0.5, 0.6) is 0 Å². The van der Waals surface area contributed by atoms with E-state index in [2.05, 4.69) is 4.98 Å². The zero-order chi connectivity index (χ0) is 13.1. The Bertz CT molecular complexity index is 593. The van der Waals surface area contributed by atoms with Gasteiger partial charge in [0.05, 0.1) is 6.54 Å². The first-order valence-electron chi connectivity index (χ1n) is 5.54. The quantitative estimate of drug-likeness (QED) is 0.698. The van der Waals surface area contributed by atoms with Gasteiger partial charge in [0.2, 0.25) is 0 Å². The summed E-state index contributed by atoms with van der Waals surface area (Å²) in [4.78, 5) is 15.3. The van der Waals surface area contributed by atoms with Crippen LogP contribution in [-0.4, -0.2) is 26.7 Å². The maximum Gasteiger partial charge on any atom is 0.488 e. The molecule has 0 unspecified atom stereocenters. The summed E-state index contributed by atoms with van der Waals surface area (Å²) >= 11 is 0. The van der Waals surface area contributed by atoms with E-state index < -0.39 is 7.12 Å². The number of aryl methyl sites for hydroxylation is 1. The fourth-order valence-electron chi connectivity index (χ4n) is 1.67. The number of aromatic nitrogens is 2. The smallest absolute Gasteiger partial charge is 0.423 e. The van der Waals surface area contributed by atoms with Gasteiger partial charge in [-0.2, -0.15) is 0 Å². The van der Waals surface area contributed by atoms with Crippen LogP contribution in [0.25, 0.3) is 0 Å². The van der Waals surface area contributed by atoms with E-state index in [4.69, 9.17) is 10.0 Å². The Labute approximate surface area is 105 Å². The second-order valence-corrected chi connectivity index (χ2v) is 4.16. The molecule has 1 aromatic heterocycles. The average Bonchev–Trinajstić information content (AvgIpc) is 2.34. The van der Waals surface area contributed by atoms with Crippen molar-refractivity contribution in [3.05, 3.63) is 58.3 Å². The van der Waals surface area contributed by atoms with E-state index in [0.29, 0.717) is 12.0 Å². The second-order valence-electron chi connectivity index (χ2n) is 4.16. The molecule has 0 bridgehead atoms. The van der Waals surface area contributed by atoms with Crippen molar-refractivity contribution < 1.29 is 10.0 Å². The largest absolute Gasteiger partial charge is 0.488 e. The lowest BCUT2D eigenvalue weighted by Gasteiger charge is -2.06. The predicted octanol–water partition coefficient (Wildman–Crippen LogP) is -0.720. The number of benzene rings is 1. The Kier molecular flexibility index (Phi) is 3.59. The molecule has 1 aromatic carbocycles. The van der Waals surface area contributed by atoms with Crippen LogP contribution in [0.4, 0.5) is 0 Å². The van der Waals surface area contributed by atoms with Crippen molar-refractivity contribution in [2.24, 2.45) is 0 Å². The molecule has 6 heteroatoms. The van der Waals surface area contributed by atoms with E-state index in [9.17, 15) is 4.79 Å². The Morgan fingerprint density at radius 3 is 2.56 bits per heavy atom. The number of hydrogen-bond donors (Lipinski definition) is 2. The molecule has 5 nitrogen and oxygen atoms in total. The molecule has 0 saturated carbocycles. The monoisotopic (exact) mass is 244 g/mol. The molecular formula is C12H13BN2O3. The van der Waals surface area contributed by atoms with Gasteiger partial charge in [-0.25, -0.2) is 9.78 Å². The zero-order valence-corrected chi connectivity index (χ0v) is 9.95. The third kappa shape index (κ3) is 2.85. The van der Waals surface area contributed by atoms with E-state index in [-0.39, 0.29) is 5.69 Å². The molecule has 0 amide bonds. The van der Waals surface area contributed by atoms with Crippen LogP contribution in [0.15, 0.2) is 41.5 Å². The first-order chi connectivity index (χ1) is 8.56. The highest BCUT2D eigenvalue weighted by Gasteiger charge is 2.09. The Hall–Kier alpha value is -1.92. The van der Waals surface area contributed by atoms with Crippen molar-refractivity contribution in [3.63, 3.8) is 0 Å². The van der Waals surface area contributed by atoms with Gasteiger partial charge >= 0.3 is 12.8 Å². The molecule has 0 saturated heterocycles. The van der Waals surface area contributed by atoms with Gasteiger partial charge in [0, 0.05) is 12.4 Å². The molecule has 2 aromatic rings. The standard InChI is InChI=1S/C12H13BN2O3/c1-9-6-14-12(16)15(7-9)8-10-2-4-11(5-3-10)13(17)18/h2-7,17-18H,8H2,1H3. The zero-order valence-electron chi connectivity index (χ0n) is 9.95. The molecule has 18 heavy (non-hydrogen) atoms. The molecule has 0 aliphatic heterocycles. The summed E-state index contributed by atoms with van der Waals surface area (Å²) < 4.78 is 1.51. The van der Waals surface area contributed by atoms with Crippen molar-refractivity contribution in [2.75, 3.05) is 0 Å². The van der Waals surface area contributed by atoms with E-state index in [1.165, 1.54) is 10.8 Å². The fourth-order valence-corrected chi connectivity index (χ4v) is 1.67. The number of rotatable bonds is 3. The highest BCUT2D eigenvalue weighted by atomic mass is 16.4. The van der Waals surface area contributed by atoms with E-state index in [0.717, 1.165) is 11.1 Å². The number of hydrogen-bond acceptors (Lipinski definition) is 4. The minimum Gasteiger partial charge on any atom is -0.423 e. The first-order valence-corrected chi connectivity index (χ1v) is 5.54. The normalized spacial score (nSPS) is 10.4. The van der Waals surface area contributed by atoms with Crippen LogP contribution in [0.1, 0.15) is 11.1 Å². The minimum atomic E-state index is -1.47. The van der Waals surface area contributed by atoms with Crippen LogP contribution in [-0.2, 0) is 6.54 Å². The van der Waals surface area contributed by atoms with Gasteiger partial charge in [-0.1, -0.05) is 24.3 Å². The maximum absolute atomic E-state index is 11.5. The molecule has 2 rings (SSSR count). The summed E-state index contributed by atoms with van der Waals surface area (Å²) in [7, 11) is -1.47. The lowest BCUT2D eigenvalue weighted by Crippen LogP contribution is -2.29. The summed E-state index contributed by atoms with van der Waals surface area (Å²) in [5.74, 6) is 0.